The molecule has 1 aromatic heterocycles. The van der Waals surface area contributed by atoms with Gasteiger partial charge in [-0.2, -0.15) is 0 Å². The van der Waals surface area contributed by atoms with Crippen molar-refractivity contribution < 1.29 is 4.79 Å². The second-order valence-electron chi connectivity index (χ2n) is 6.08. The third-order valence-corrected chi connectivity index (χ3v) is 4.53. The van der Waals surface area contributed by atoms with E-state index in [1.165, 1.54) is 6.33 Å². The minimum atomic E-state index is -0.165. The number of hydrogen-bond donors (Lipinski definition) is 1. The molecule has 0 unspecified atom stereocenters. The van der Waals surface area contributed by atoms with E-state index in [0.717, 1.165) is 16.8 Å². The summed E-state index contributed by atoms with van der Waals surface area (Å²) in [6, 6.07) is 17.6. The topological polar surface area (TPSA) is 66.1 Å². The van der Waals surface area contributed by atoms with Crippen LogP contribution in [0.5, 0.6) is 0 Å². The Kier molecular flexibility index (Phi) is 3.90. The number of hydrogen-bond acceptors (Lipinski definition) is 3. The van der Waals surface area contributed by atoms with Crippen molar-refractivity contribution in [1.82, 2.24) is 14.9 Å². The minimum Gasteiger partial charge on any atom is -0.334 e. The summed E-state index contributed by atoms with van der Waals surface area (Å²) >= 11 is 0. The highest BCUT2D eigenvalue weighted by Crippen LogP contribution is 2.21. The summed E-state index contributed by atoms with van der Waals surface area (Å²) in [6.45, 7) is 0.875. The lowest BCUT2D eigenvalue weighted by Gasteiger charge is -2.27. The predicted molar refractivity (Wildman–Crippen MR) is 95.2 cm³/mol. The highest BCUT2D eigenvalue weighted by atomic mass is 16.2. The van der Waals surface area contributed by atoms with Gasteiger partial charge in [-0.05, 0) is 23.3 Å². The fourth-order valence-corrected chi connectivity index (χ4v) is 3.15. The van der Waals surface area contributed by atoms with Gasteiger partial charge in [0.25, 0.3) is 11.5 Å². The van der Waals surface area contributed by atoms with Crippen LogP contribution >= 0.6 is 0 Å². The van der Waals surface area contributed by atoms with E-state index >= 15 is 0 Å². The molecule has 0 fully saturated rings. The van der Waals surface area contributed by atoms with Gasteiger partial charge in [0.15, 0.2) is 0 Å². The maximum absolute atomic E-state index is 12.8. The lowest BCUT2D eigenvalue weighted by molar-refractivity contribution is 0.0732. The van der Waals surface area contributed by atoms with Gasteiger partial charge in [-0.1, -0.05) is 42.5 Å². The van der Waals surface area contributed by atoms with Gasteiger partial charge in [-0.3, -0.25) is 9.59 Å². The molecule has 0 bridgehead atoms. The maximum atomic E-state index is 12.8. The van der Waals surface area contributed by atoms with Gasteiger partial charge in [0.2, 0.25) is 0 Å². The Hall–Kier alpha value is -3.21. The monoisotopic (exact) mass is 331 g/mol. The van der Waals surface area contributed by atoms with Crippen molar-refractivity contribution in [3.05, 3.63) is 88.1 Å². The number of rotatable bonds is 2. The van der Waals surface area contributed by atoms with E-state index in [2.05, 4.69) is 9.97 Å². The van der Waals surface area contributed by atoms with Gasteiger partial charge in [-0.25, -0.2) is 4.98 Å². The van der Waals surface area contributed by atoms with Crippen molar-refractivity contribution in [3.8, 4) is 11.1 Å². The van der Waals surface area contributed by atoms with Crippen molar-refractivity contribution in [2.45, 2.75) is 13.0 Å². The number of carbonyl (C=O) groups is 1. The third-order valence-electron chi connectivity index (χ3n) is 4.53. The molecule has 4 rings (SSSR count). The first-order valence-electron chi connectivity index (χ1n) is 8.22. The fourth-order valence-electron chi connectivity index (χ4n) is 3.15. The normalized spacial score (nSPS) is 13.4. The van der Waals surface area contributed by atoms with Gasteiger partial charge in [0.1, 0.15) is 0 Å². The Labute approximate surface area is 145 Å². The van der Waals surface area contributed by atoms with E-state index in [-0.39, 0.29) is 11.5 Å². The summed E-state index contributed by atoms with van der Waals surface area (Å²) in [4.78, 5) is 33.2. The SMILES string of the molecule is O=C(c1ccc(-c2ccccc2)cc1)N1CCc2nc[nH]c(=O)c2C1. The summed E-state index contributed by atoms with van der Waals surface area (Å²) in [7, 11) is 0. The number of carbonyl (C=O) groups excluding carboxylic acids is 1. The van der Waals surface area contributed by atoms with Gasteiger partial charge in [0.05, 0.1) is 24.1 Å². The maximum Gasteiger partial charge on any atom is 0.255 e. The van der Waals surface area contributed by atoms with Crippen LogP contribution in [0.4, 0.5) is 0 Å². The van der Waals surface area contributed by atoms with Gasteiger partial charge < -0.3 is 9.88 Å². The highest BCUT2D eigenvalue weighted by molar-refractivity contribution is 5.94. The molecule has 0 atom stereocenters. The highest BCUT2D eigenvalue weighted by Gasteiger charge is 2.24. The molecular weight excluding hydrogens is 314 g/mol. The quantitative estimate of drug-likeness (QED) is 0.785. The number of fused-ring (bicyclic) bond motifs is 1. The third kappa shape index (κ3) is 2.96. The molecule has 0 aliphatic carbocycles. The molecule has 5 heteroatoms. The summed E-state index contributed by atoms with van der Waals surface area (Å²) < 4.78 is 0. The molecule has 1 N–H and O–H groups in total. The van der Waals surface area contributed by atoms with Gasteiger partial charge in [0, 0.05) is 18.5 Å². The Balaban J connectivity index is 1.56. The molecule has 1 aliphatic heterocycles. The molecule has 0 saturated carbocycles. The predicted octanol–water partition coefficient (Wildman–Crippen LogP) is 2.64. The Bertz CT molecular complexity index is 962. The summed E-state index contributed by atoms with van der Waals surface area (Å²) in [6.07, 6.45) is 2.02. The van der Waals surface area contributed by atoms with Crippen LogP contribution in [0.2, 0.25) is 0 Å². The van der Waals surface area contributed by atoms with E-state index in [1.54, 1.807) is 4.90 Å². The molecule has 0 radical (unpaired) electrons. The molecule has 0 spiro atoms. The summed E-state index contributed by atoms with van der Waals surface area (Å²) in [5.74, 6) is -0.0616. The van der Waals surface area contributed by atoms with Crippen molar-refractivity contribution in [2.24, 2.45) is 0 Å². The second kappa shape index (κ2) is 6.36. The number of aromatic nitrogens is 2. The lowest BCUT2D eigenvalue weighted by Crippen LogP contribution is -2.39. The average molecular weight is 331 g/mol. The first-order valence-corrected chi connectivity index (χ1v) is 8.22. The molecular formula is C20H17N3O2. The molecule has 124 valence electrons. The summed E-state index contributed by atoms with van der Waals surface area (Å²) in [5.41, 5.74) is 4.02. The van der Waals surface area contributed by atoms with Gasteiger partial charge >= 0.3 is 0 Å². The molecule has 0 saturated heterocycles. The molecule has 1 aliphatic rings. The van der Waals surface area contributed by atoms with Crippen molar-refractivity contribution in [3.63, 3.8) is 0 Å². The fraction of sp³-hybridized carbons (Fsp3) is 0.150. The van der Waals surface area contributed by atoms with E-state index < -0.39 is 0 Å². The Morgan fingerprint density at radius 2 is 1.72 bits per heavy atom. The zero-order valence-electron chi connectivity index (χ0n) is 13.6. The molecule has 3 aromatic rings. The van der Waals surface area contributed by atoms with Crippen LogP contribution in [0.3, 0.4) is 0 Å². The zero-order valence-corrected chi connectivity index (χ0v) is 13.6. The largest absolute Gasteiger partial charge is 0.334 e. The minimum absolute atomic E-state index is 0.0616. The molecule has 25 heavy (non-hydrogen) atoms. The van der Waals surface area contributed by atoms with E-state index in [0.29, 0.717) is 30.6 Å². The average Bonchev–Trinajstić information content (AvgIpc) is 2.68. The molecule has 1 amide bonds. The van der Waals surface area contributed by atoms with Crippen molar-refractivity contribution in [1.29, 1.82) is 0 Å². The van der Waals surface area contributed by atoms with Crippen LogP contribution in [0.15, 0.2) is 65.7 Å². The van der Waals surface area contributed by atoms with Crippen LogP contribution in [-0.4, -0.2) is 27.3 Å². The van der Waals surface area contributed by atoms with E-state index in [1.807, 2.05) is 54.6 Å². The second-order valence-corrected chi connectivity index (χ2v) is 6.08. The number of nitrogens with zero attached hydrogens (tertiary/aromatic N) is 2. The number of H-pyrrole nitrogens is 1. The van der Waals surface area contributed by atoms with Crippen LogP contribution in [-0.2, 0) is 13.0 Å². The zero-order chi connectivity index (χ0) is 17.2. The van der Waals surface area contributed by atoms with Crippen LogP contribution in [0.1, 0.15) is 21.6 Å². The van der Waals surface area contributed by atoms with E-state index in [4.69, 9.17) is 0 Å². The van der Waals surface area contributed by atoms with Crippen molar-refractivity contribution >= 4 is 5.91 Å². The van der Waals surface area contributed by atoms with Crippen molar-refractivity contribution in [2.75, 3.05) is 6.54 Å². The van der Waals surface area contributed by atoms with Crippen LogP contribution in [0.25, 0.3) is 11.1 Å². The number of nitrogens with one attached hydrogen (secondary N) is 1. The first kappa shape index (κ1) is 15.3. The van der Waals surface area contributed by atoms with Crippen LogP contribution in [0, 0.1) is 0 Å². The number of aromatic amines is 1. The number of benzene rings is 2. The number of amides is 1. The molecule has 5 nitrogen and oxygen atoms in total. The standard InChI is InChI=1S/C20H17N3O2/c24-19-17-12-23(11-10-18(17)21-13-22-19)20(25)16-8-6-15(7-9-16)14-4-2-1-3-5-14/h1-9,13H,10-12H2,(H,21,22,24). The Morgan fingerprint density at radius 3 is 2.48 bits per heavy atom. The van der Waals surface area contributed by atoms with E-state index in [9.17, 15) is 9.59 Å². The molecule has 2 aromatic carbocycles. The smallest absolute Gasteiger partial charge is 0.255 e. The summed E-state index contributed by atoms with van der Waals surface area (Å²) in [5, 5.41) is 0. The first-order chi connectivity index (χ1) is 12.2. The lowest BCUT2D eigenvalue weighted by atomic mass is 10.0. The molecule has 2 heterocycles. The Morgan fingerprint density at radius 1 is 1.00 bits per heavy atom. The van der Waals surface area contributed by atoms with Crippen LogP contribution < -0.4 is 5.56 Å². The van der Waals surface area contributed by atoms with Gasteiger partial charge in [-0.15, -0.1) is 0 Å².